The van der Waals surface area contributed by atoms with Crippen molar-refractivity contribution in [1.29, 1.82) is 0 Å². The van der Waals surface area contributed by atoms with Gasteiger partial charge < -0.3 is 23.7 Å². The van der Waals surface area contributed by atoms with Crippen LogP contribution in [0.3, 0.4) is 0 Å². The molecule has 3 aliphatic rings. The predicted molar refractivity (Wildman–Crippen MR) is 94.7 cm³/mol. The molecule has 0 spiro atoms. The largest absolute Gasteiger partial charge is 0.342 e. The third-order valence-corrected chi connectivity index (χ3v) is 4.70. The van der Waals surface area contributed by atoms with Gasteiger partial charge in [-0.25, -0.2) is 9.82 Å². The fraction of sp³-hybridized carbons (Fsp3) is 0.579. The van der Waals surface area contributed by atoms with Gasteiger partial charge in [-0.1, -0.05) is 18.2 Å². The highest BCUT2D eigenvalue weighted by Crippen LogP contribution is 2.44. The van der Waals surface area contributed by atoms with Crippen molar-refractivity contribution in [3.63, 3.8) is 0 Å². The van der Waals surface area contributed by atoms with Gasteiger partial charge in [0.1, 0.15) is 24.1 Å². The lowest BCUT2D eigenvalue weighted by atomic mass is 9.98. The lowest BCUT2D eigenvalue weighted by Gasteiger charge is -2.36. The Morgan fingerprint density at radius 3 is 2.43 bits per heavy atom. The molecule has 28 heavy (non-hydrogen) atoms. The van der Waals surface area contributed by atoms with Crippen LogP contribution < -0.4 is 5.43 Å². The summed E-state index contributed by atoms with van der Waals surface area (Å²) in [6.45, 7) is 7.04. The van der Waals surface area contributed by atoms with E-state index in [-0.39, 0.29) is 5.56 Å². The number of amides is 1. The van der Waals surface area contributed by atoms with E-state index >= 15 is 0 Å². The topological polar surface area (TPSA) is 87.6 Å². The van der Waals surface area contributed by atoms with Gasteiger partial charge >= 0.3 is 0 Å². The predicted octanol–water partition coefficient (Wildman–Crippen LogP) is 1.67. The monoisotopic (exact) mass is 394 g/mol. The first-order valence-electron chi connectivity index (χ1n) is 9.09. The minimum absolute atomic E-state index is 0.251. The summed E-state index contributed by atoms with van der Waals surface area (Å²) >= 11 is 0. The molecule has 1 amide bonds. The fourth-order valence-electron chi connectivity index (χ4n) is 3.63. The minimum Gasteiger partial charge on any atom is -0.342 e. The molecular weight excluding hydrogens is 371 g/mol. The number of hydrogen-bond donors (Lipinski definition) is 1. The van der Waals surface area contributed by atoms with E-state index < -0.39 is 54.0 Å². The molecule has 8 nitrogen and oxygen atoms in total. The third kappa shape index (κ3) is 3.68. The van der Waals surface area contributed by atoms with Gasteiger partial charge in [0.25, 0.3) is 5.91 Å². The van der Waals surface area contributed by atoms with Crippen molar-refractivity contribution >= 4 is 12.1 Å². The van der Waals surface area contributed by atoms with Crippen molar-refractivity contribution < 1.29 is 32.9 Å². The average molecular weight is 394 g/mol. The molecule has 1 N–H and O–H groups in total. The normalized spacial score (nSPS) is 35.5. The number of rotatable bonds is 3. The van der Waals surface area contributed by atoms with Crippen molar-refractivity contribution in [2.45, 2.75) is 70.0 Å². The van der Waals surface area contributed by atoms with Crippen molar-refractivity contribution in [2.24, 2.45) is 5.10 Å². The number of hydrogen-bond acceptors (Lipinski definition) is 7. The van der Waals surface area contributed by atoms with Crippen molar-refractivity contribution in [3.8, 4) is 0 Å². The molecule has 0 radical (unpaired) electrons. The van der Waals surface area contributed by atoms with E-state index in [4.69, 9.17) is 23.7 Å². The van der Waals surface area contributed by atoms with Gasteiger partial charge in [0.2, 0.25) is 0 Å². The van der Waals surface area contributed by atoms with Gasteiger partial charge in [0, 0.05) is 5.56 Å². The molecule has 1 aromatic carbocycles. The van der Waals surface area contributed by atoms with Gasteiger partial charge in [-0.15, -0.1) is 0 Å². The zero-order valence-electron chi connectivity index (χ0n) is 16.0. The Balaban J connectivity index is 1.50. The molecule has 9 heteroatoms. The molecule has 0 bridgehead atoms. The van der Waals surface area contributed by atoms with E-state index in [1.54, 1.807) is 45.9 Å². The highest BCUT2D eigenvalue weighted by Gasteiger charge is 2.62. The number of halogens is 1. The average Bonchev–Trinajstić information content (AvgIpc) is 3.09. The zero-order valence-corrected chi connectivity index (χ0v) is 16.0. The smallest absolute Gasteiger partial charge is 0.272 e. The van der Waals surface area contributed by atoms with E-state index in [1.807, 2.05) is 0 Å². The van der Waals surface area contributed by atoms with E-state index in [2.05, 4.69) is 10.5 Å². The molecular formula is C19H23FN2O6. The Kier molecular flexibility index (Phi) is 4.75. The first-order chi connectivity index (χ1) is 13.2. The van der Waals surface area contributed by atoms with E-state index in [0.29, 0.717) is 0 Å². The Labute approximate surface area is 161 Å². The molecule has 3 heterocycles. The standard InChI is InChI=1S/C19H23FN2O6/c1-18(2)25-12-13(26-18)15-17(28-19(3,4)27-15)24-14(12)16(23)22-21-9-10-7-5-6-8-11(10)20/h5-9,12-15,17H,1-4H3,(H,22,23)/b21-9+. The second kappa shape index (κ2) is 6.85. The molecule has 152 valence electrons. The maximum atomic E-state index is 13.7. The molecule has 3 fully saturated rings. The second-order valence-electron chi connectivity index (χ2n) is 7.85. The van der Waals surface area contributed by atoms with Crippen molar-refractivity contribution in [1.82, 2.24) is 5.43 Å². The lowest BCUT2D eigenvalue weighted by molar-refractivity contribution is -0.231. The van der Waals surface area contributed by atoms with Crippen LogP contribution in [0, 0.1) is 5.82 Å². The number of ether oxygens (including phenoxy) is 5. The number of nitrogens with one attached hydrogen (secondary N) is 1. The van der Waals surface area contributed by atoms with Crippen LogP contribution in [-0.2, 0) is 28.5 Å². The Morgan fingerprint density at radius 1 is 1.04 bits per heavy atom. The van der Waals surface area contributed by atoms with Crippen molar-refractivity contribution in [3.05, 3.63) is 35.6 Å². The van der Waals surface area contributed by atoms with Crippen LogP contribution in [0.5, 0.6) is 0 Å². The molecule has 4 rings (SSSR count). The van der Waals surface area contributed by atoms with Crippen LogP contribution in [0.25, 0.3) is 0 Å². The lowest BCUT2D eigenvalue weighted by Crippen LogP contribution is -2.59. The zero-order chi connectivity index (χ0) is 20.1. The summed E-state index contributed by atoms with van der Waals surface area (Å²) in [5.74, 6) is -2.76. The van der Waals surface area contributed by atoms with Gasteiger partial charge in [0.05, 0.1) is 6.21 Å². The molecule has 0 saturated carbocycles. The van der Waals surface area contributed by atoms with Gasteiger partial charge in [-0.05, 0) is 33.8 Å². The first-order valence-corrected chi connectivity index (χ1v) is 9.09. The van der Waals surface area contributed by atoms with Crippen LogP contribution in [0.4, 0.5) is 4.39 Å². The summed E-state index contributed by atoms with van der Waals surface area (Å²) in [5, 5.41) is 3.83. The first kappa shape index (κ1) is 19.4. The van der Waals surface area contributed by atoms with E-state index in [0.717, 1.165) is 0 Å². The van der Waals surface area contributed by atoms with Crippen LogP contribution in [-0.4, -0.2) is 54.4 Å². The summed E-state index contributed by atoms with van der Waals surface area (Å²) < 4.78 is 43.0. The van der Waals surface area contributed by atoms with Gasteiger partial charge in [-0.2, -0.15) is 5.10 Å². The SMILES string of the molecule is CC1(C)OC2OC(C(=O)N/N=C/c3ccccc3F)C3OC(C)(C)OC3C2O1. The van der Waals surface area contributed by atoms with E-state index in [1.165, 1.54) is 12.3 Å². The quantitative estimate of drug-likeness (QED) is 0.620. The molecule has 1 aromatic rings. The number of benzene rings is 1. The number of hydrazone groups is 1. The maximum absolute atomic E-state index is 13.7. The summed E-state index contributed by atoms with van der Waals surface area (Å²) in [4.78, 5) is 12.7. The fourth-order valence-corrected chi connectivity index (χ4v) is 3.63. The maximum Gasteiger partial charge on any atom is 0.272 e. The molecule has 5 atom stereocenters. The van der Waals surface area contributed by atoms with Crippen LogP contribution in [0.2, 0.25) is 0 Å². The number of carbonyl (C=O) groups is 1. The number of carbonyl (C=O) groups excluding carboxylic acids is 1. The molecule has 5 unspecified atom stereocenters. The van der Waals surface area contributed by atoms with Crippen LogP contribution in [0.1, 0.15) is 33.3 Å². The Morgan fingerprint density at radius 2 is 1.68 bits per heavy atom. The second-order valence-corrected chi connectivity index (χ2v) is 7.85. The van der Waals surface area contributed by atoms with Gasteiger partial charge in [-0.3, -0.25) is 4.79 Å². The Hall–Kier alpha value is -1.91. The highest BCUT2D eigenvalue weighted by atomic mass is 19.1. The minimum atomic E-state index is -1.02. The van der Waals surface area contributed by atoms with Crippen LogP contribution >= 0.6 is 0 Å². The van der Waals surface area contributed by atoms with Gasteiger partial charge in [0.15, 0.2) is 24.0 Å². The molecule has 3 saturated heterocycles. The summed E-state index contributed by atoms with van der Waals surface area (Å²) in [6.07, 6.45) is -2.33. The summed E-state index contributed by atoms with van der Waals surface area (Å²) in [7, 11) is 0. The molecule has 0 aliphatic carbocycles. The van der Waals surface area contributed by atoms with E-state index in [9.17, 15) is 9.18 Å². The Bertz CT molecular complexity index is 798. The number of fused-ring (bicyclic) bond motifs is 3. The molecule has 3 aliphatic heterocycles. The van der Waals surface area contributed by atoms with Crippen molar-refractivity contribution in [2.75, 3.05) is 0 Å². The highest BCUT2D eigenvalue weighted by molar-refractivity contribution is 5.85. The third-order valence-electron chi connectivity index (χ3n) is 4.70. The van der Waals surface area contributed by atoms with Crippen LogP contribution in [0.15, 0.2) is 29.4 Å². The summed E-state index contributed by atoms with van der Waals surface area (Å²) in [5.41, 5.74) is 2.63. The number of nitrogens with zero attached hydrogens (tertiary/aromatic N) is 1. The summed E-state index contributed by atoms with van der Waals surface area (Å²) in [6, 6.07) is 6.10. The molecule has 0 aromatic heterocycles.